The molecule has 0 saturated heterocycles. The van der Waals surface area contributed by atoms with Gasteiger partial charge >= 0.3 is 5.97 Å². The third-order valence-corrected chi connectivity index (χ3v) is 3.53. The van der Waals surface area contributed by atoms with Gasteiger partial charge in [0.25, 0.3) is 0 Å². The van der Waals surface area contributed by atoms with Crippen molar-refractivity contribution in [1.29, 1.82) is 0 Å². The first-order valence-electron chi connectivity index (χ1n) is 5.89. The summed E-state index contributed by atoms with van der Waals surface area (Å²) in [5.74, 6) is -1.20. The summed E-state index contributed by atoms with van der Waals surface area (Å²) >= 11 is 0. The van der Waals surface area contributed by atoms with Gasteiger partial charge in [0.1, 0.15) is 0 Å². The molecule has 2 rings (SSSR count). The fourth-order valence-electron chi connectivity index (χ4n) is 1.93. The minimum atomic E-state index is -1.05. The van der Waals surface area contributed by atoms with Crippen LogP contribution in [0.2, 0.25) is 0 Å². The number of nitrogens with one attached hydrogen (secondary N) is 2. The van der Waals surface area contributed by atoms with E-state index in [9.17, 15) is 9.59 Å². The maximum atomic E-state index is 12.2. The molecule has 1 heterocycles. The van der Waals surface area contributed by atoms with Gasteiger partial charge in [0.15, 0.2) is 0 Å². The smallest absolute Gasteiger partial charge is 0.337 e. The lowest BCUT2D eigenvalue weighted by Gasteiger charge is -2.23. The summed E-state index contributed by atoms with van der Waals surface area (Å²) in [7, 11) is 0. The molecule has 3 N–H and O–H groups in total. The fourth-order valence-corrected chi connectivity index (χ4v) is 1.93. The van der Waals surface area contributed by atoms with E-state index < -0.39 is 11.4 Å². The molecule has 96 valence electrons. The first kappa shape index (κ1) is 12.4. The molecular weight excluding hydrogens is 232 g/mol. The standard InChI is InChI=1S/C13H16N2O3/c1-3-13(2)7-14-9-6-4-5-8(11(16)17)10(9)15-12(13)18/h4-6,14H,3,7H2,1-2H3,(H,15,18)(H,16,17). The molecule has 18 heavy (non-hydrogen) atoms. The average Bonchev–Trinajstić information content (AvgIpc) is 2.48. The number of anilines is 2. The largest absolute Gasteiger partial charge is 0.478 e. The Morgan fingerprint density at radius 1 is 1.50 bits per heavy atom. The molecule has 0 saturated carbocycles. The zero-order chi connectivity index (χ0) is 13.3. The van der Waals surface area contributed by atoms with Crippen LogP contribution in [0, 0.1) is 5.41 Å². The van der Waals surface area contributed by atoms with Gasteiger partial charge in [-0.05, 0) is 25.5 Å². The summed E-state index contributed by atoms with van der Waals surface area (Å²) in [6, 6.07) is 4.91. The van der Waals surface area contributed by atoms with Crippen molar-refractivity contribution >= 4 is 23.3 Å². The molecule has 5 heteroatoms. The number of amides is 1. The second-order valence-electron chi connectivity index (χ2n) is 4.76. The van der Waals surface area contributed by atoms with Crippen molar-refractivity contribution in [2.45, 2.75) is 20.3 Å². The molecule has 1 aliphatic rings. The lowest BCUT2D eigenvalue weighted by molar-refractivity contribution is -0.124. The highest BCUT2D eigenvalue weighted by Crippen LogP contribution is 2.34. The van der Waals surface area contributed by atoms with Crippen molar-refractivity contribution < 1.29 is 14.7 Å². The molecule has 1 aromatic rings. The van der Waals surface area contributed by atoms with Crippen LogP contribution in [-0.2, 0) is 4.79 Å². The van der Waals surface area contributed by atoms with Crippen molar-refractivity contribution in [2.24, 2.45) is 5.41 Å². The van der Waals surface area contributed by atoms with Crippen LogP contribution in [0.15, 0.2) is 18.2 Å². The van der Waals surface area contributed by atoms with Gasteiger partial charge in [0.2, 0.25) is 5.91 Å². The Kier molecular flexibility index (Phi) is 2.98. The van der Waals surface area contributed by atoms with E-state index in [1.54, 1.807) is 12.1 Å². The van der Waals surface area contributed by atoms with Gasteiger partial charge in [-0.1, -0.05) is 13.0 Å². The van der Waals surface area contributed by atoms with E-state index in [-0.39, 0.29) is 11.5 Å². The molecule has 1 aliphatic heterocycles. The summed E-state index contributed by atoms with van der Waals surface area (Å²) in [5.41, 5.74) is 0.579. The van der Waals surface area contributed by atoms with E-state index in [1.807, 2.05) is 13.8 Å². The number of hydrogen-bond acceptors (Lipinski definition) is 3. The number of para-hydroxylation sites is 1. The molecule has 0 spiro atoms. The van der Waals surface area contributed by atoms with E-state index in [1.165, 1.54) is 6.07 Å². The molecular formula is C13H16N2O3. The molecule has 0 aromatic heterocycles. The predicted molar refractivity (Wildman–Crippen MR) is 68.9 cm³/mol. The van der Waals surface area contributed by atoms with Crippen LogP contribution in [0.1, 0.15) is 30.6 Å². The Labute approximate surface area is 105 Å². The lowest BCUT2D eigenvalue weighted by atomic mass is 9.86. The minimum Gasteiger partial charge on any atom is -0.478 e. The monoisotopic (exact) mass is 248 g/mol. The highest BCUT2D eigenvalue weighted by molar-refractivity contribution is 6.06. The summed E-state index contributed by atoms with van der Waals surface area (Å²) < 4.78 is 0. The van der Waals surface area contributed by atoms with Crippen molar-refractivity contribution in [3.8, 4) is 0 Å². The van der Waals surface area contributed by atoms with Crippen LogP contribution in [-0.4, -0.2) is 23.5 Å². The molecule has 0 fully saturated rings. The second kappa shape index (κ2) is 4.33. The Bertz CT molecular complexity index is 513. The first-order valence-corrected chi connectivity index (χ1v) is 5.89. The molecule has 0 radical (unpaired) electrons. The van der Waals surface area contributed by atoms with Crippen molar-refractivity contribution in [1.82, 2.24) is 0 Å². The van der Waals surface area contributed by atoms with E-state index in [0.29, 0.717) is 24.3 Å². The summed E-state index contributed by atoms with van der Waals surface area (Å²) in [4.78, 5) is 23.3. The molecule has 1 aromatic carbocycles. The molecule has 1 unspecified atom stereocenters. The molecule has 0 bridgehead atoms. The van der Waals surface area contributed by atoms with Gasteiger partial charge in [-0.15, -0.1) is 0 Å². The zero-order valence-corrected chi connectivity index (χ0v) is 10.4. The average molecular weight is 248 g/mol. The van der Waals surface area contributed by atoms with Crippen molar-refractivity contribution in [2.75, 3.05) is 17.2 Å². The number of hydrogen-bond donors (Lipinski definition) is 3. The Morgan fingerprint density at radius 2 is 2.22 bits per heavy atom. The van der Waals surface area contributed by atoms with Gasteiger partial charge in [-0.2, -0.15) is 0 Å². The van der Waals surface area contributed by atoms with Crippen molar-refractivity contribution in [3.63, 3.8) is 0 Å². The van der Waals surface area contributed by atoms with Crippen LogP contribution < -0.4 is 10.6 Å². The van der Waals surface area contributed by atoms with Gasteiger partial charge in [0.05, 0.1) is 22.4 Å². The maximum absolute atomic E-state index is 12.2. The highest BCUT2D eigenvalue weighted by atomic mass is 16.4. The van der Waals surface area contributed by atoms with Gasteiger partial charge < -0.3 is 15.7 Å². The van der Waals surface area contributed by atoms with Crippen LogP contribution in [0.5, 0.6) is 0 Å². The van der Waals surface area contributed by atoms with Gasteiger partial charge in [-0.3, -0.25) is 4.79 Å². The third-order valence-electron chi connectivity index (χ3n) is 3.53. The predicted octanol–water partition coefficient (Wildman–Crippen LogP) is 2.17. The molecule has 1 amide bonds. The zero-order valence-electron chi connectivity index (χ0n) is 10.4. The lowest BCUT2D eigenvalue weighted by Crippen LogP contribution is -2.36. The first-order chi connectivity index (χ1) is 8.48. The number of carboxylic acid groups (broad SMARTS) is 1. The summed E-state index contributed by atoms with van der Waals surface area (Å²) in [6.45, 7) is 4.29. The van der Waals surface area contributed by atoms with E-state index >= 15 is 0 Å². The quantitative estimate of drug-likeness (QED) is 0.749. The molecule has 0 aliphatic carbocycles. The Hall–Kier alpha value is -2.04. The summed E-state index contributed by atoms with van der Waals surface area (Å²) in [5, 5.41) is 15.0. The van der Waals surface area contributed by atoms with Crippen LogP contribution >= 0.6 is 0 Å². The van der Waals surface area contributed by atoms with Gasteiger partial charge in [-0.25, -0.2) is 4.79 Å². The number of carbonyl (C=O) groups excluding carboxylic acids is 1. The normalized spacial score (nSPS) is 22.4. The second-order valence-corrected chi connectivity index (χ2v) is 4.76. The number of carboxylic acids is 1. The van der Waals surface area contributed by atoms with Crippen molar-refractivity contribution in [3.05, 3.63) is 23.8 Å². The topological polar surface area (TPSA) is 78.4 Å². The number of fused-ring (bicyclic) bond motifs is 1. The third kappa shape index (κ3) is 1.92. The highest BCUT2D eigenvalue weighted by Gasteiger charge is 2.35. The minimum absolute atomic E-state index is 0.105. The maximum Gasteiger partial charge on any atom is 0.337 e. The summed E-state index contributed by atoms with van der Waals surface area (Å²) in [6.07, 6.45) is 0.683. The van der Waals surface area contributed by atoms with E-state index in [2.05, 4.69) is 10.6 Å². The Balaban J connectivity index is 2.48. The number of aromatic carboxylic acids is 1. The number of benzene rings is 1. The van der Waals surface area contributed by atoms with Crippen LogP contribution in [0.3, 0.4) is 0 Å². The molecule has 1 atom stereocenters. The number of rotatable bonds is 2. The van der Waals surface area contributed by atoms with Crippen LogP contribution in [0.4, 0.5) is 11.4 Å². The van der Waals surface area contributed by atoms with Crippen LogP contribution in [0.25, 0.3) is 0 Å². The van der Waals surface area contributed by atoms with Gasteiger partial charge in [0, 0.05) is 6.54 Å². The van der Waals surface area contributed by atoms with E-state index in [4.69, 9.17) is 5.11 Å². The fraction of sp³-hybridized carbons (Fsp3) is 0.385. The number of carbonyl (C=O) groups is 2. The van der Waals surface area contributed by atoms with E-state index in [0.717, 1.165) is 0 Å². The Morgan fingerprint density at radius 3 is 2.83 bits per heavy atom. The SMILES string of the molecule is CCC1(C)CNc2cccc(C(=O)O)c2NC1=O. The molecule has 5 nitrogen and oxygen atoms in total.